The van der Waals surface area contributed by atoms with Crippen molar-refractivity contribution in [3.8, 4) is 5.75 Å². The van der Waals surface area contributed by atoms with Gasteiger partial charge in [0.25, 0.3) is 5.91 Å². The molecule has 1 fully saturated rings. The normalized spacial score (nSPS) is 26.7. The van der Waals surface area contributed by atoms with Crippen molar-refractivity contribution in [1.29, 1.82) is 0 Å². The van der Waals surface area contributed by atoms with Crippen molar-refractivity contribution in [2.75, 3.05) is 41.3 Å². The summed E-state index contributed by atoms with van der Waals surface area (Å²) in [6.45, 7) is 2.78. The van der Waals surface area contributed by atoms with Gasteiger partial charge in [0.1, 0.15) is 29.4 Å². The largest absolute Gasteiger partial charge is 0.508 e. The predicted molar refractivity (Wildman–Crippen MR) is 146 cm³/mol. The third-order valence-corrected chi connectivity index (χ3v) is 8.01. The Hall–Kier alpha value is -3.74. The quantitative estimate of drug-likeness (QED) is 0.173. The number of rotatable bonds is 8. The molecule has 216 valence electrons. The van der Waals surface area contributed by atoms with Crippen molar-refractivity contribution >= 4 is 28.9 Å². The first-order valence-electron chi connectivity index (χ1n) is 13.1. The van der Waals surface area contributed by atoms with Gasteiger partial charge >= 0.3 is 0 Å². The molecule has 1 amide bonds. The fourth-order valence-corrected chi connectivity index (χ4v) is 6.22. The lowest BCUT2D eigenvalue weighted by Gasteiger charge is -2.50. The van der Waals surface area contributed by atoms with Crippen molar-refractivity contribution in [1.82, 2.24) is 9.80 Å². The molecule has 0 bridgehead atoms. The fraction of sp³-hybridized carbons (Fsp3) is 0.500. The molecular formula is C28H36N4O8. The van der Waals surface area contributed by atoms with Crippen LogP contribution in [0.2, 0.25) is 0 Å². The maximum atomic E-state index is 14.0. The highest BCUT2D eigenvalue weighted by atomic mass is 16.6. The number of aromatic hydroxyl groups is 1. The minimum Gasteiger partial charge on any atom is -0.508 e. The number of aliphatic hydroxyl groups is 3. The van der Waals surface area contributed by atoms with Gasteiger partial charge in [0.15, 0.2) is 11.4 Å². The van der Waals surface area contributed by atoms with Crippen molar-refractivity contribution in [3.05, 3.63) is 45.7 Å². The van der Waals surface area contributed by atoms with Crippen LogP contribution in [0.4, 0.5) is 0 Å². The highest BCUT2D eigenvalue weighted by Gasteiger charge is 2.64. The molecule has 0 aromatic heterocycles. The number of primary amides is 1. The fourth-order valence-electron chi connectivity index (χ4n) is 6.22. The third-order valence-electron chi connectivity index (χ3n) is 8.01. The summed E-state index contributed by atoms with van der Waals surface area (Å²) >= 11 is 0. The van der Waals surface area contributed by atoms with E-state index in [9.17, 15) is 34.8 Å². The van der Waals surface area contributed by atoms with Crippen LogP contribution in [0.15, 0.2) is 34.2 Å². The Kier molecular flexibility index (Phi) is 7.81. The lowest BCUT2D eigenvalue weighted by Crippen LogP contribution is -2.65. The average molecular weight is 557 g/mol. The molecule has 1 saturated carbocycles. The topological polar surface area (TPSA) is 186 Å². The number of oxime groups is 1. The highest BCUT2D eigenvalue weighted by Crippen LogP contribution is 2.53. The Morgan fingerprint density at radius 3 is 2.42 bits per heavy atom. The predicted octanol–water partition coefficient (Wildman–Crippen LogP) is 0.656. The number of nitrogens with zero attached hydrogens (tertiary/aromatic N) is 3. The number of carbonyl (C=O) groups is 3. The zero-order valence-electron chi connectivity index (χ0n) is 23.3. The Morgan fingerprint density at radius 2 is 1.85 bits per heavy atom. The van der Waals surface area contributed by atoms with Crippen molar-refractivity contribution < 1.29 is 39.6 Å². The summed E-state index contributed by atoms with van der Waals surface area (Å²) in [4.78, 5) is 48.1. The summed E-state index contributed by atoms with van der Waals surface area (Å²) in [5, 5.41) is 49.2. The lowest BCUT2D eigenvalue weighted by molar-refractivity contribution is -0.153. The molecular weight excluding hydrogens is 520 g/mol. The van der Waals surface area contributed by atoms with E-state index in [2.05, 4.69) is 5.16 Å². The number of nitrogens with two attached hydrogens (primary N) is 1. The van der Waals surface area contributed by atoms with Crippen LogP contribution in [-0.2, 0) is 25.6 Å². The lowest BCUT2D eigenvalue weighted by atomic mass is 9.57. The van der Waals surface area contributed by atoms with Gasteiger partial charge < -0.3 is 35.9 Å². The monoisotopic (exact) mass is 556 g/mol. The Balaban J connectivity index is 1.93. The maximum Gasteiger partial charge on any atom is 0.255 e. The van der Waals surface area contributed by atoms with Crippen LogP contribution < -0.4 is 5.73 Å². The second-order valence-corrected chi connectivity index (χ2v) is 11.0. The zero-order valence-corrected chi connectivity index (χ0v) is 23.3. The number of hydrogen-bond donors (Lipinski definition) is 5. The van der Waals surface area contributed by atoms with Gasteiger partial charge in [-0.1, -0.05) is 5.16 Å². The third kappa shape index (κ3) is 4.45. The summed E-state index contributed by atoms with van der Waals surface area (Å²) in [5.74, 6) is -6.87. The molecule has 6 N–H and O–H groups in total. The Labute approximate surface area is 232 Å². The first kappa shape index (κ1) is 29.2. The van der Waals surface area contributed by atoms with Gasteiger partial charge in [-0.25, -0.2) is 0 Å². The number of hydrogen-bond acceptors (Lipinski definition) is 11. The van der Waals surface area contributed by atoms with Crippen LogP contribution in [-0.4, -0.2) is 106 Å². The average Bonchev–Trinajstić information content (AvgIpc) is 2.86. The van der Waals surface area contributed by atoms with E-state index in [1.807, 2.05) is 19.0 Å². The summed E-state index contributed by atoms with van der Waals surface area (Å²) in [6, 6.07) is 1.93. The number of phenolic OH excluding ortho intramolecular Hbond substituents is 1. The van der Waals surface area contributed by atoms with E-state index in [1.54, 1.807) is 27.1 Å². The number of ketones is 2. The SMILES string of the molecule is CCO/N=C(/CCN(C)C)c1ccc(O)c2c1CC1CC3[C@@H](N(C)C)C(=O)C(C(N)=O)=C(O)[C@@]3(O)C(=O)C1=C2O. The van der Waals surface area contributed by atoms with E-state index < -0.39 is 58.0 Å². The second kappa shape index (κ2) is 10.7. The minimum absolute atomic E-state index is 0.0104. The number of phenols is 1. The molecule has 40 heavy (non-hydrogen) atoms. The van der Waals surface area contributed by atoms with Crippen molar-refractivity contribution in [2.45, 2.75) is 37.8 Å². The van der Waals surface area contributed by atoms with Crippen molar-refractivity contribution in [2.24, 2.45) is 22.7 Å². The molecule has 12 heteroatoms. The van der Waals surface area contributed by atoms with E-state index in [-0.39, 0.29) is 29.7 Å². The summed E-state index contributed by atoms with van der Waals surface area (Å²) in [6.07, 6.45) is 0.682. The van der Waals surface area contributed by atoms with Crippen LogP contribution in [0.25, 0.3) is 5.76 Å². The highest BCUT2D eigenvalue weighted by molar-refractivity contribution is 6.24. The molecule has 1 aromatic carbocycles. The number of amides is 1. The van der Waals surface area contributed by atoms with Crippen LogP contribution >= 0.6 is 0 Å². The molecule has 0 heterocycles. The van der Waals surface area contributed by atoms with E-state index in [1.165, 1.54) is 11.0 Å². The molecule has 2 unspecified atom stereocenters. The van der Waals surface area contributed by atoms with E-state index in [0.29, 0.717) is 36.4 Å². The Morgan fingerprint density at radius 1 is 1.18 bits per heavy atom. The molecule has 3 aliphatic rings. The summed E-state index contributed by atoms with van der Waals surface area (Å²) < 4.78 is 0. The molecule has 12 nitrogen and oxygen atoms in total. The minimum atomic E-state index is -2.68. The van der Waals surface area contributed by atoms with Gasteiger partial charge in [-0.2, -0.15) is 0 Å². The molecule has 0 aliphatic heterocycles. The first-order chi connectivity index (χ1) is 18.8. The number of aliphatic hydroxyl groups excluding tert-OH is 2. The number of Topliss-reactive ketones (excluding diaryl/α,β-unsaturated/α-hetero) is 2. The number of carbonyl (C=O) groups excluding carboxylic acids is 3. The molecule has 4 atom stereocenters. The summed E-state index contributed by atoms with van der Waals surface area (Å²) in [7, 11) is 6.95. The van der Waals surface area contributed by atoms with Gasteiger partial charge in [-0.15, -0.1) is 0 Å². The molecule has 0 saturated heterocycles. The maximum absolute atomic E-state index is 14.0. The molecule has 1 aromatic rings. The van der Waals surface area contributed by atoms with E-state index in [4.69, 9.17) is 10.6 Å². The Bertz CT molecular complexity index is 1360. The molecule has 0 spiro atoms. The molecule has 4 rings (SSSR count). The van der Waals surface area contributed by atoms with Gasteiger partial charge in [0.05, 0.1) is 17.3 Å². The number of likely N-dealkylation sites (N-methyl/N-ethyl adjacent to an activating group) is 1. The standard InChI is InChI=1S/C28H36N4O8/c1-6-40-30-17(9-10-31(2)3)14-7-8-18(33)20-15(14)11-13-12-16-22(32(4)5)24(35)21(27(29)38)26(37)28(16,39)25(36)19(13)23(20)34/h7-8,13,16,22,33-34,37,39H,6,9-12H2,1-5H3,(H2,29,38)/b30-17-/t13?,16?,22-,28+/m1/s1. The van der Waals surface area contributed by atoms with Crippen LogP contribution in [0.5, 0.6) is 5.75 Å². The smallest absolute Gasteiger partial charge is 0.255 e. The van der Waals surface area contributed by atoms with Gasteiger partial charge in [0.2, 0.25) is 5.78 Å². The van der Waals surface area contributed by atoms with Crippen LogP contribution in [0.3, 0.4) is 0 Å². The van der Waals surface area contributed by atoms with E-state index in [0.717, 1.165) is 0 Å². The molecule has 0 radical (unpaired) electrons. The molecule has 3 aliphatic carbocycles. The van der Waals surface area contributed by atoms with Crippen LogP contribution in [0, 0.1) is 11.8 Å². The first-order valence-corrected chi connectivity index (χ1v) is 13.1. The van der Waals surface area contributed by atoms with Crippen LogP contribution in [0.1, 0.15) is 36.5 Å². The number of fused-ring (bicyclic) bond motifs is 3. The van der Waals surface area contributed by atoms with Gasteiger partial charge in [-0.05, 0) is 71.6 Å². The summed E-state index contributed by atoms with van der Waals surface area (Å²) in [5.41, 5.74) is 3.43. The number of benzene rings is 1. The second-order valence-electron chi connectivity index (χ2n) is 11.0. The van der Waals surface area contributed by atoms with E-state index >= 15 is 0 Å². The zero-order chi connectivity index (χ0) is 29.7. The van der Waals surface area contributed by atoms with Gasteiger partial charge in [0, 0.05) is 30.0 Å². The van der Waals surface area contributed by atoms with Gasteiger partial charge in [-0.3, -0.25) is 19.3 Å². The van der Waals surface area contributed by atoms with Crippen molar-refractivity contribution in [3.63, 3.8) is 0 Å².